The molecule has 0 atom stereocenters. The van der Waals surface area contributed by atoms with E-state index in [1.54, 1.807) is 0 Å². The predicted octanol–water partition coefficient (Wildman–Crippen LogP) is 1.91. The molecule has 0 aliphatic heterocycles. The zero-order valence-electron chi connectivity index (χ0n) is 0.354. The quantitative estimate of drug-likeness (QED) is 0.411. The molecule has 29 valence electrons. The fraction of sp³-hybridized carbons (Fsp3) is 1.00. The summed E-state index contributed by atoms with van der Waals surface area (Å²) in [6.45, 7) is 0. The fourth-order valence-corrected chi connectivity index (χ4v) is 0. The van der Waals surface area contributed by atoms with Gasteiger partial charge in [0.1, 0.15) is 0 Å². The molecule has 0 aliphatic carbocycles. The molecule has 0 bridgehead atoms. The molecule has 4 heavy (non-hydrogen) atoms. The Morgan fingerprint density at radius 3 is 0.500 bits per heavy atom. The average molecular weight is 104 g/mol. The van der Waals surface area contributed by atoms with Crippen LogP contribution in [0.5, 0.6) is 0 Å². The molecule has 1 radical (unpaired) electrons. The van der Waals surface area contributed by atoms with Gasteiger partial charge in [-0.25, -0.2) is 0 Å². The molecule has 0 aromatic heterocycles. The average Bonchev–Trinajstić information content (AvgIpc) is 0. The van der Waals surface area contributed by atoms with Gasteiger partial charge in [0, 0.05) is 0 Å². The van der Waals surface area contributed by atoms with Crippen molar-refractivity contribution < 1.29 is 17.1 Å². The van der Waals surface area contributed by atoms with Gasteiger partial charge in [0.05, 0.1) is 0 Å². The molecule has 0 heterocycles. The smallest absolute Gasteiger partial charge is 0.0776 e. The van der Waals surface area contributed by atoms with Crippen molar-refractivity contribution in [2.24, 2.45) is 0 Å². The monoisotopic (exact) mass is 104 g/mol. The third-order valence-electron chi connectivity index (χ3n) is 0. The van der Waals surface area contributed by atoms with Gasteiger partial charge in [-0.2, -0.15) is 0 Å². The zero-order chi connectivity index (χ0) is 0. The minimum atomic E-state index is 0. The van der Waals surface area contributed by atoms with Crippen molar-refractivity contribution >= 4 is 0 Å². The van der Waals surface area contributed by atoms with Crippen molar-refractivity contribution in [2.45, 2.75) is 22.3 Å². The van der Waals surface area contributed by atoms with E-state index in [0.29, 0.717) is 0 Å². The second-order valence-corrected chi connectivity index (χ2v) is 0. The summed E-state index contributed by atoms with van der Waals surface area (Å²) in [6.07, 6.45) is 0. The van der Waals surface area contributed by atoms with E-state index in [1.165, 1.54) is 0 Å². The summed E-state index contributed by atoms with van der Waals surface area (Å²) >= 11 is 0. The third kappa shape index (κ3) is 21.6. The van der Waals surface area contributed by atoms with Crippen molar-refractivity contribution in [3.05, 3.63) is 0 Å². The summed E-state index contributed by atoms with van der Waals surface area (Å²) in [5, 5.41) is 0. The van der Waals surface area contributed by atoms with Crippen molar-refractivity contribution in [3.63, 3.8) is 0 Å². The number of hydrogen-bond acceptors (Lipinski definition) is 0. The van der Waals surface area contributed by atoms with Crippen LogP contribution in [0.4, 0.5) is 0 Å². The minimum Gasteiger partial charge on any atom is -0.0776 e. The maximum atomic E-state index is 0. The summed E-state index contributed by atoms with van der Waals surface area (Å²) in [4.78, 5) is 0. The van der Waals surface area contributed by atoms with Crippen LogP contribution >= 0.6 is 0 Å². The van der Waals surface area contributed by atoms with E-state index in [1.807, 2.05) is 0 Å². The molecule has 0 aromatic rings. The molecular weight excluding hydrogens is 91.9 g/mol. The first-order valence-corrected chi connectivity index (χ1v) is 0. The van der Waals surface area contributed by atoms with Crippen LogP contribution in [0, 0.1) is 0 Å². The van der Waals surface area contributed by atoms with Gasteiger partial charge in [0.15, 0.2) is 0 Å². The summed E-state index contributed by atoms with van der Waals surface area (Å²) in [5.74, 6) is 0. The molecule has 0 saturated heterocycles. The first kappa shape index (κ1) is 207. The molecule has 0 aliphatic rings. The van der Waals surface area contributed by atoms with E-state index in [2.05, 4.69) is 0 Å². The number of rotatable bonds is 0. The van der Waals surface area contributed by atoms with Gasteiger partial charge < -0.3 is 0 Å². The normalized spacial score (nSPS) is 0. The second kappa shape index (κ2) is 82.8. The van der Waals surface area contributed by atoms with Crippen molar-refractivity contribution in [2.75, 3.05) is 0 Å². The Kier molecular flexibility index (Phi) is 4290. The standard InChI is InChI=1S/3CH4.Fe/h3*1H4;/q;;;+3. The molecule has 0 unspecified atom stereocenters. The van der Waals surface area contributed by atoms with Crippen LogP contribution < -0.4 is 0 Å². The molecular formula is C3H12Fe+3. The van der Waals surface area contributed by atoms with Gasteiger partial charge in [-0.3, -0.25) is 0 Å². The Bertz CT molecular complexity index is 3.25. The Hall–Kier alpha value is 0.519. The van der Waals surface area contributed by atoms with Gasteiger partial charge in [-0.1, -0.05) is 22.3 Å². The topological polar surface area (TPSA) is 0 Å². The summed E-state index contributed by atoms with van der Waals surface area (Å²) in [7, 11) is 0. The maximum Gasteiger partial charge on any atom is 3.00 e. The molecule has 0 N–H and O–H groups in total. The molecule has 0 nitrogen and oxygen atoms in total. The predicted molar refractivity (Wildman–Crippen MR) is 20.2 cm³/mol. The van der Waals surface area contributed by atoms with Crippen molar-refractivity contribution in [3.8, 4) is 0 Å². The van der Waals surface area contributed by atoms with Crippen molar-refractivity contribution in [1.82, 2.24) is 0 Å². The van der Waals surface area contributed by atoms with Crippen LogP contribution in [-0.2, 0) is 17.1 Å². The molecule has 0 fully saturated rings. The Morgan fingerprint density at radius 2 is 0.500 bits per heavy atom. The molecule has 0 spiro atoms. The molecule has 0 rings (SSSR count). The van der Waals surface area contributed by atoms with Gasteiger partial charge in [-0.15, -0.1) is 0 Å². The molecule has 1 heteroatoms. The van der Waals surface area contributed by atoms with E-state index < -0.39 is 0 Å². The van der Waals surface area contributed by atoms with Crippen LogP contribution in [0.2, 0.25) is 0 Å². The van der Waals surface area contributed by atoms with Crippen LogP contribution in [0.3, 0.4) is 0 Å². The van der Waals surface area contributed by atoms with E-state index >= 15 is 0 Å². The minimum absolute atomic E-state index is 0. The van der Waals surface area contributed by atoms with E-state index in [9.17, 15) is 0 Å². The Labute approximate surface area is 40.1 Å². The van der Waals surface area contributed by atoms with E-state index in [4.69, 9.17) is 0 Å². The Balaban J connectivity index is 0. The van der Waals surface area contributed by atoms with Gasteiger partial charge in [0.2, 0.25) is 0 Å². The summed E-state index contributed by atoms with van der Waals surface area (Å²) < 4.78 is 0. The van der Waals surface area contributed by atoms with E-state index in [-0.39, 0.29) is 39.3 Å². The molecule has 0 aromatic carbocycles. The largest absolute Gasteiger partial charge is 3.00 e. The van der Waals surface area contributed by atoms with Crippen LogP contribution in [0.15, 0.2) is 0 Å². The fourth-order valence-electron chi connectivity index (χ4n) is 0. The zero-order valence-corrected chi connectivity index (χ0v) is 1.46. The van der Waals surface area contributed by atoms with Gasteiger partial charge in [0.25, 0.3) is 0 Å². The summed E-state index contributed by atoms with van der Waals surface area (Å²) in [5.41, 5.74) is 0. The maximum absolute atomic E-state index is 0. The summed E-state index contributed by atoms with van der Waals surface area (Å²) in [6, 6.07) is 0. The van der Waals surface area contributed by atoms with Crippen LogP contribution in [0.1, 0.15) is 22.3 Å². The first-order chi connectivity index (χ1) is 0. The second-order valence-electron chi connectivity index (χ2n) is 0. The molecule has 0 amide bonds. The van der Waals surface area contributed by atoms with Gasteiger partial charge in [-0.05, 0) is 0 Å². The first-order valence-electron chi connectivity index (χ1n) is 0. The third-order valence-corrected chi connectivity index (χ3v) is 0. The number of hydrogen-bond donors (Lipinski definition) is 0. The Morgan fingerprint density at radius 1 is 0.500 bits per heavy atom. The van der Waals surface area contributed by atoms with Crippen molar-refractivity contribution in [1.29, 1.82) is 0 Å². The van der Waals surface area contributed by atoms with Crippen LogP contribution in [0.25, 0.3) is 0 Å². The van der Waals surface area contributed by atoms with E-state index in [0.717, 1.165) is 0 Å². The van der Waals surface area contributed by atoms with Gasteiger partial charge >= 0.3 is 17.1 Å². The molecule has 0 saturated carbocycles. The SMILES string of the molecule is C.C.C.[Fe+3]. The van der Waals surface area contributed by atoms with Crippen LogP contribution in [-0.4, -0.2) is 0 Å².